The number of amides is 1. The molecule has 1 aromatic heterocycles. The molecule has 0 radical (unpaired) electrons. The molecule has 2 heterocycles. The Kier molecular flexibility index (Phi) is 3.39. The van der Waals surface area contributed by atoms with Crippen molar-refractivity contribution in [1.82, 2.24) is 15.2 Å². The van der Waals surface area contributed by atoms with Crippen molar-refractivity contribution in [1.29, 1.82) is 0 Å². The SMILES string of the molecule is CN1CCc2c([nH]c3ccc(Cl)cc23)C1NC(=O)C1CCC1. The average molecular weight is 318 g/mol. The summed E-state index contributed by atoms with van der Waals surface area (Å²) in [5.74, 6) is 0.394. The van der Waals surface area contributed by atoms with E-state index in [4.69, 9.17) is 11.6 Å². The molecule has 1 aliphatic carbocycles. The highest BCUT2D eigenvalue weighted by Gasteiger charge is 2.32. The highest BCUT2D eigenvalue weighted by atomic mass is 35.5. The minimum absolute atomic E-state index is 0.0666. The average Bonchev–Trinajstić information content (AvgIpc) is 2.78. The number of hydrogen-bond donors (Lipinski definition) is 2. The number of likely N-dealkylation sites (N-methyl/N-ethyl adjacent to an activating group) is 1. The molecule has 1 fully saturated rings. The number of H-pyrrole nitrogens is 1. The maximum atomic E-state index is 12.3. The van der Waals surface area contributed by atoms with Crippen molar-refractivity contribution in [3.63, 3.8) is 0 Å². The fourth-order valence-corrected chi connectivity index (χ4v) is 3.66. The summed E-state index contributed by atoms with van der Waals surface area (Å²) in [6.07, 6.45) is 4.13. The highest BCUT2D eigenvalue weighted by Crippen LogP contribution is 2.34. The van der Waals surface area contributed by atoms with Crippen LogP contribution in [0.4, 0.5) is 0 Å². The van der Waals surface area contributed by atoms with Gasteiger partial charge in [0.05, 0.1) is 5.69 Å². The van der Waals surface area contributed by atoms with Gasteiger partial charge in [0.25, 0.3) is 0 Å². The number of aromatic nitrogens is 1. The Balaban J connectivity index is 1.71. The lowest BCUT2D eigenvalue weighted by Gasteiger charge is -2.35. The summed E-state index contributed by atoms with van der Waals surface area (Å²) in [7, 11) is 2.06. The van der Waals surface area contributed by atoms with Gasteiger partial charge in [0.1, 0.15) is 6.17 Å². The molecule has 1 atom stereocenters. The highest BCUT2D eigenvalue weighted by molar-refractivity contribution is 6.31. The summed E-state index contributed by atoms with van der Waals surface area (Å²) in [6.45, 7) is 0.933. The van der Waals surface area contributed by atoms with E-state index in [9.17, 15) is 4.79 Å². The van der Waals surface area contributed by atoms with Crippen molar-refractivity contribution >= 4 is 28.4 Å². The summed E-state index contributed by atoms with van der Waals surface area (Å²) >= 11 is 6.14. The first-order valence-electron chi connectivity index (χ1n) is 7.94. The number of benzene rings is 1. The molecule has 5 heteroatoms. The fourth-order valence-electron chi connectivity index (χ4n) is 3.49. The molecular formula is C17H20ClN3O. The maximum Gasteiger partial charge on any atom is 0.224 e. The fraction of sp³-hybridized carbons (Fsp3) is 0.471. The molecule has 4 rings (SSSR count). The van der Waals surface area contributed by atoms with Gasteiger partial charge in [0.2, 0.25) is 5.91 Å². The molecule has 0 bridgehead atoms. The van der Waals surface area contributed by atoms with Crippen LogP contribution in [-0.2, 0) is 11.2 Å². The molecule has 1 saturated carbocycles. The minimum atomic E-state index is -0.0666. The van der Waals surface area contributed by atoms with Crippen LogP contribution in [0.15, 0.2) is 18.2 Å². The molecule has 4 nitrogen and oxygen atoms in total. The number of carbonyl (C=O) groups is 1. The first-order valence-corrected chi connectivity index (χ1v) is 8.32. The van der Waals surface area contributed by atoms with E-state index >= 15 is 0 Å². The van der Waals surface area contributed by atoms with Crippen LogP contribution in [0.1, 0.15) is 36.7 Å². The van der Waals surface area contributed by atoms with Gasteiger partial charge in [-0.15, -0.1) is 0 Å². The van der Waals surface area contributed by atoms with Crippen LogP contribution >= 0.6 is 11.6 Å². The predicted molar refractivity (Wildman–Crippen MR) is 87.9 cm³/mol. The molecule has 1 aliphatic heterocycles. The Morgan fingerprint density at radius 3 is 2.95 bits per heavy atom. The number of nitrogens with zero attached hydrogens (tertiary/aromatic N) is 1. The zero-order chi connectivity index (χ0) is 15.3. The molecule has 1 amide bonds. The molecule has 0 saturated heterocycles. The summed E-state index contributed by atoms with van der Waals surface area (Å²) in [6, 6.07) is 5.93. The van der Waals surface area contributed by atoms with Crippen molar-refractivity contribution in [3.8, 4) is 0 Å². The van der Waals surface area contributed by atoms with Crippen molar-refractivity contribution < 1.29 is 4.79 Å². The normalized spacial score (nSPS) is 22.4. The van der Waals surface area contributed by atoms with Gasteiger partial charge in [-0.05, 0) is 50.1 Å². The monoisotopic (exact) mass is 317 g/mol. The quantitative estimate of drug-likeness (QED) is 0.893. The van der Waals surface area contributed by atoms with Crippen molar-refractivity contribution in [2.75, 3.05) is 13.6 Å². The third-order valence-electron chi connectivity index (χ3n) is 5.08. The van der Waals surface area contributed by atoms with E-state index in [1.807, 2.05) is 18.2 Å². The van der Waals surface area contributed by atoms with Gasteiger partial charge < -0.3 is 10.3 Å². The van der Waals surface area contributed by atoms with Gasteiger partial charge in [0.15, 0.2) is 0 Å². The topological polar surface area (TPSA) is 48.1 Å². The van der Waals surface area contributed by atoms with E-state index in [0.717, 1.165) is 42.0 Å². The Bertz CT molecular complexity index is 735. The molecule has 22 heavy (non-hydrogen) atoms. The molecule has 2 N–H and O–H groups in total. The first-order chi connectivity index (χ1) is 10.6. The van der Waals surface area contributed by atoms with E-state index in [1.165, 1.54) is 17.4 Å². The predicted octanol–water partition coefficient (Wildman–Crippen LogP) is 3.22. The first kappa shape index (κ1) is 14.1. The number of hydrogen-bond acceptors (Lipinski definition) is 2. The number of fused-ring (bicyclic) bond motifs is 3. The molecule has 0 spiro atoms. The van der Waals surface area contributed by atoms with Crippen LogP contribution in [0.3, 0.4) is 0 Å². The lowest BCUT2D eigenvalue weighted by atomic mass is 9.84. The van der Waals surface area contributed by atoms with Gasteiger partial charge >= 0.3 is 0 Å². The van der Waals surface area contributed by atoms with Gasteiger partial charge in [-0.3, -0.25) is 9.69 Å². The number of aromatic amines is 1. The van der Waals surface area contributed by atoms with Crippen LogP contribution in [-0.4, -0.2) is 29.4 Å². The number of nitrogens with one attached hydrogen (secondary N) is 2. The van der Waals surface area contributed by atoms with Gasteiger partial charge in [0, 0.05) is 28.4 Å². The number of rotatable bonds is 2. The lowest BCUT2D eigenvalue weighted by Crippen LogP contribution is -2.46. The third kappa shape index (κ3) is 2.22. The van der Waals surface area contributed by atoms with Crippen LogP contribution < -0.4 is 5.32 Å². The Morgan fingerprint density at radius 2 is 2.23 bits per heavy atom. The zero-order valence-corrected chi connectivity index (χ0v) is 13.4. The number of carbonyl (C=O) groups excluding carboxylic acids is 1. The lowest BCUT2D eigenvalue weighted by molar-refractivity contribution is -0.129. The third-order valence-corrected chi connectivity index (χ3v) is 5.32. The Hall–Kier alpha value is -1.52. The molecular weight excluding hydrogens is 298 g/mol. The van der Waals surface area contributed by atoms with Crippen LogP contribution in [0.25, 0.3) is 10.9 Å². The summed E-state index contributed by atoms with van der Waals surface area (Å²) < 4.78 is 0. The zero-order valence-electron chi connectivity index (χ0n) is 12.7. The van der Waals surface area contributed by atoms with E-state index < -0.39 is 0 Å². The summed E-state index contributed by atoms with van der Waals surface area (Å²) in [5, 5.41) is 5.16. The second kappa shape index (κ2) is 5.28. The second-order valence-electron chi connectivity index (χ2n) is 6.48. The molecule has 116 valence electrons. The van der Waals surface area contributed by atoms with E-state index in [1.54, 1.807) is 0 Å². The van der Waals surface area contributed by atoms with Crippen molar-refractivity contribution in [3.05, 3.63) is 34.5 Å². The van der Waals surface area contributed by atoms with Gasteiger partial charge in [-0.1, -0.05) is 18.0 Å². The largest absolute Gasteiger partial charge is 0.355 e. The van der Waals surface area contributed by atoms with E-state index in [-0.39, 0.29) is 18.0 Å². The number of halogens is 1. The van der Waals surface area contributed by atoms with E-state index in [0.29, 0.717) is 0 Å². The van der Waals surface area contributed by atoms with Crippen molar-refractivity contribution in [2.45, 2.75) is 31.8 Å². The van der Waals surface area contributed by atoms with Gasteiger partial charge in [-0.2, -0.15) is 0 Å². The molecule has 1 unspecified atom stereocenters. The minimum Gasteiger partial charge on any atom is -0.355 e. The van der Waals surface area contributed by atoms with Crippen LogP contribution in [0, 0.1) is 5.92 Å². The molecule has 2 aliphatic rings. The van der Waals surface area contributed by atoms with E-state index in [2.05, 4.69) is 22.2 Å². The molecule has 2 aromatic rings. The summed E-state index contributed by atoms with van der Waals surface area (Å²) in [4.78, 5) is 18.0. The molecule has 1 aromatic carbocycles. The van der Waals surface area contributed by atoms with Crippen molar-refractivity contribution in [2.24, 2.45) is 5.92 Å². The maximum absolute atomic E-state index is 12.3. The second-order valence-corrected chi connectivity index (χ2v) is 6.91. The van der Waals surface area contributed by atoms with Crippen LogP contribution in [0.2, 0.25) is 5.02 Å². The van der Waals surface area contributed by atoms with Gasteiger partial charge in [-0.25, -0.2) is 0 Å². The summed E-state index contributed by atoms with van der Waals surface area (Å²) in [5.41, 5.74) is 3.49. The standard InChI is InChI=1S/C17H20ClN3O/c1-21-8-7-12-13-9-11(18)5-6-14(13)19-15(12)16(21)20-17(22)10-3-2-4-10/h5-6,9-10,16,19H,2-4,7-8H2,1H3,(H,20,22). The smallest absolute Gasteiger partial charge is 0.224 e. The Morgan fingerprint density at radius 1 is 1.41 bits per heavy atom. The Labute approximate surface area is 134 Å². The van der Waals surface area contributed by atoms with Crippen LogP contribution in [0.5, 0.6) is 0 Å².